The van der Waals surface area contributed by atoms with Gasteiger partial charge in [-0.15, -0.1) is 0 Å². The van der Waals surface area contributed by atoms with Crippen molar-refractivity contribution >= 4 is 40.8 Å². The van der Waals surface area contributed by atoms with Crippen LogP contribution in [0.1, 0.15) is 101 Å². The number of benzene rings is 2. The zero-order valence-corrected chi connectivity index (χ0v) is 37.7. The minimum atomic E-state index is -2.86. The van der Waals surface area contributed by atoms with E-state index in [1.807, 2.05) is 24.3 Å². The summed E-state index contributed by atoms with van der Waals surface area (Å²) in [6, 6.07) is 15.1. The van der Waals surface area contributed by atoms with Gasteiger partial charge in [-0.2, -0.15) is 10.2 Å². The second-order valence-corrected chi connectivity index (χ2v) is 18.7. The second-order valence-electron chi connectivity index (χ2n) is 18.7. The summed E-state index contributed by atoms with van der Waals surface area (Å²) in [4.78, 5) is 64.0. The van der Waals surface area contributed by atoms with E-state index < -0.39 is 30.0 Å². The molecule has 0 spiro atoms. The SMILES string of the molecule is CN(CCN(C)C[C@H]1CC[C@H](n2cc(NC(=O)c3cnn4ccc(N5C[C@H]6C[C@@H]5CO6)nc34)c(C(F)F)n2)CC1)Cc1ccc(COc2cccc3c2CN(C2CCC(=O)NC2=O)C3=O)cc1. The van der Waals surface area contributed by atoms with E-state index in [-0.39, 0.29) is 54.2 Å². The molecule has 3 saturated heterocycles. The van der Waals surface area contributed by atoms with Gasteiger partial charge in [0.2, 0.25) is 11.8 Å². The number of rotatable bonds is 16. The van der Waals surface area contributed by atoms with E-state index >= 15 is 0 Å². The molecule has 2 aromatic carbocycles. The van der Waals surface area contributed by atoms with Crippen molar-refractivity contribution in [2.45, 2.75) is 95.3 Å². The minimum Gasteiger partial charge on any atom is -0.489 e. The quantitative estimate of drug-likeness (QED) is 0.124. The van der Waals surface area contributed by atoms with Crippen molar-refractivity contribution in [1.29, 1.82) is 0 Å². The lowest BCUT2D eigenvalue weighted by Crippen LogP contribution is -2.52. The number of hydrogen-bond donors (Lipinski definition) is 2. The number of aromatic nitrogens is 5. The van der Waals surface area contributed by atoms with Crippen LogP contribution in [0.2, 0.25) is 0 Å². The number of nitrogens with zero attached hydrogens (tertiary/aromatic N) is 9. The predicted molar refractivity (Wildman–Crippen MR) is 242 cm³/mol. The van der Waals surface area contributed by atoms with Gasteiger partial charge >= 0.3 is 0 Å². The van der Waals surface area contributed by atoms with E-state index in [0.717, 1.165) is 81.8 Å². The number of hydrogen-bond acceptors (Lipinski definition) is 12. The Morgan fingerprint density at radius 1 is 0.970 bits per heavy atom. The third kappa shape index (κ3) is 9.36. The van der Waals surface area contributed by atoms with Crippen molar-refractivity contribution in [2.75, 3.05) is 57.1 Å². The van der Waals surface area contributed by atoms with Crippen molar-refractivity contribution in [3.05, 3.63) is 101 Å². The fourth-order valence-corrected chi connectivity index (χ4v) is 10.4. The zero-order valence-electron chi connectivity index (χ0n) is 37.7. The standard InChI is InChI=1S/C48H55F2N11O6/c1-56(22-29-6-8-31(9-7-29)27-67-40-5-3-4-35-37(40)25-59(48(35)65)39-14-15-42(62)54-47(39)64)18-19-57(2)23-30-10-12-32(13-11-30)61-26-38(43(55-61)44(49)50)52-46(63)36-21-51-60-17-16-41(53-45(36)60)58-24-34-20-33(58)28-66-34/h3-9,16-17,21,26,30,32-34,39,44H,10-15,18-20,22-25,27-28H2,1-2H3,(H,52,63)(H,54,62,64)/t30-,32-,33-,34-,39?/m1/s1. The van der Waals surface area contributed by atoms with E-state index in [1.54, 1.807) is 29.2 Å². The molecule has 5 aliphatic rings. The van der Waals surface area contributed by atoms with E-state index in [1.165, 1.54) is 21.2 Å². The van der Waals surface area contributed by atoms with E-state index in [9.17, 15) is 28.0 Å². The molecule has 3 atom stereocenters. The number of piperidine rings is 1. The van der Waals surface area contributed by atoms with Crippen molar-refractivity contribution in [3.8, 4) is 5.75 Å². The Bertz CT molecular complexity index is 2670. The summed E-state index contributed by atoms with van der Waals surface area (Å²) in [5.41, 5.74) is 3.53. The van der Waals surface area contributed by atoms with E-state index in [0.29, 0.717) is 42.5 Å². The van der Waals surface area contributed by atoms with Gasteiger partial charge in [0.05, 0.1) is 43.2 Å². The van der Waals surface area contributed by atoms with Gasteiger partial charge in [-0.3, -0.25) is 29.2 Å². The molecule has 1 saturated carbocycles. The zero-order chi connectivity index (χ0) is 46.3. The van der Waals surface area contributed by atoms with Gasteiger partial charge < -0.3 is 34.4 Å². The van der Waals surface area contributed by atoms with Crippen LogP contribution in [0, 0.1) is 5.92 Å². The Morgan fingerprint density at radius 3 is 2.51 bits per heavy atom. The predicted octanol–water partition coefficient (Wildman–Crippen LogP) is 5.23. The number of halogens is 2. The number of nitrogens with one attached hydrogen (secondary N) is 2. The maximum Gasteiger partial charge on any atom is 0.284 e. The summed E-state index contributed by atoms with van der Waals surface area (Å²) in [5, 5.41) is 13.6. The molecular weight excluding hydrogens is 865 g/mol. The summed E-state index contributed by atoms with van der Waals surface area (Å²) >= 11 is 0. The first-order chi connectivity index (χ1) is 32.4. The van der Waals surface area contributed by atoms with Crippen molar-refractivity contribution in [1.82, 2.24) is 44.4 Å². The number of carbonyl (C=O) groups excluding carboxylic acids is 4. The highest BCUT2D eigenvalue weighted by molar-refractivity contribution is 6.08. The first-order valence-corrected chi connectivity index (χ1v) is 23.2. The molecule has 4 fully saturated rings. The van der Waals surface area contributed by atoms with Crippen LogP contribution in [-0.2, 0) is 34.0 Å². The summed E-state index contributed by atoms with van der Waals surface area (Å²) in [7, 11) is 4.25. The number of amides is 4. The minimum absolute atomic E-state index is 0.00580. The van der Waals surface area contributed by atoms with E-state index in [4.69, 9.17) is 14.5 Å². The average Bonchev–Trinajstić information content (AvgIpc) is 4.18. The lowest BCUT2D eigenvalue weighted by atomic mass is 9.86. The van der Waals surface area contributed by atoms with Gasteiger partial charge in [0.15, 0.2) is 11.3 Å². The van der Waals surface area contributed by atoms with Crippen molar-refractivity contribution in [3.63, 3.8) is 0 Å². The Kier molecular flexibility index (Phi) is 12.5. The van der Waals surface area contributed by atoms with Gasteiger partial charge in [-0.05, 0) is 87.9 Å². The summed E-state index contributed by atoms with van der Waals surface area (Å²) in [6.45, 7) is 5.45. The first kappa shape index (κ1) is 44.5. The molecule has 4 aliphatic heterocycles. The number of fused-ring (bicyclic) bond motifs is 4. The molecule has 352 valence electrons. The maximum atomic E-state index is 14.3. The lowest BCUT2D eigenvalue weighted by Gasteiger charge is -2.32. The highest BCUT2D eigenvalue weighted by Crippen LogP contribution is 2.37. The lowest BCUT2D eigenvalue weighted by molar-refractivity contribution is -0.136. The van der Waals surface area contributed by atoms with Crippen molar-refractivity contribution < 1.29 is 37.4 Å². The highest BCUT2D eigenvalue weighted by Gasteiger charge is 2.41. The highest BCUT2D eigenvalue weighted by atomic mass is 19.3. The smallest absolute Gasteiger partial charge is 0.284 e. The molecule has 17 nitrogen and oxygen atoms in total. The molecule has 19 heteroatoms. The van der Waals surface area contributed by atoms with Crippen LogP contribution in [0.5, 0.6) is 5.75 Å². The first-order valence-electron chi connectivity index (χ1n) is 23.2. The van der Waals surface area contributed by atoms with Crippen LogP contribution < -0.4 is 20.3 Å². The Hall–Kier alpha value is -6.31. The average molecular weight is 920 g/mol. The van der Waals surface area contributed by atoms with Gasteiger partial charge in [-0.25, -0.2) is 18.3 Å². The van der Waals surface area contributed by atoms with Crippen LogP contribution in [-0.4, -0.2) is 128 Å². The molecular formula is C48H55F2N11O6. The summed E-state index contributed by atoms with van der Waals surface area (Å²) in [6.07, 6.45) is 6.98. The van der Waals surface area contributed by atoms with Gasteiger partial charge in [0.1, 0.15) is 29.8 Å². The Labute approximate surface area is 386 Å². The third-order valence-electron chi connectivity index (χ3n) is 14.0. The fourth-order valence-electron chi connectivity index (χ4n) is 10.4. The fraction of sp³-hybridized carbons (Fsp3) is 0.479. The monoisotopic (exact) mass is 919 g/mol. The molecule has 7 heterocycles. The number of carbonyl (C=O) groups is 4. The number of imide groups is 1. The molecule has 10 rings (SSSR count). The van der Waals surface area contributed by atoms with Gasteiger partial charge in [0, 0.05) is 62.7 Å². The normalized spacial score (nSPS) is 22.7. The molecule has 0 radical (unpaired) electrons. The topological polar surface area (TPSA) is 172 Å². The molecule has 2 bridgehead atoms. The van der Waals surface area contributed by atoms with E-state index in [2.05, 4.69) is 61.8 Å². The van der Waals surface area contributed by atoms with Crippen LogP contribution in [0.3, 0.4) is 0 Å². The Balaban J connectivity index is 0.665. The molecule has 1 aliphatic carbocycles. The number of anilines is 2. The van der Waals surface area contributed by atoms with Crippen LogP contribution in [0.15, 0.2) is 67.1 Å². The Morgan fingerprint density at radius 2 is 1.76 bits per heavy atom. The summed E-state index contributed by atoms with van der Waals surface area (Å²) < 4.78 is 43.7. The molecule has 5 aromatic rings. The number of morpholine rings is 1. The molecule has 67 heavy (non-hydrogen) atoms. The van der Waals surface area contributed by atoms with Gasteiger partial charge in [0.25, 0.3) is 18.2 Å². The largest absolute Gasteiger partial charge is 0.489 e. The maximum absolute atomic E-state index is 14.3. The number of likely N-dealkylation sites (N-methyl/N-ethyl adjacent to an activating group) is 2. The summed E-state index contributed by atoms with van der Waals surface area (Å²) in [5.74, 6) is 0.258. The van der Waals surface area contributed by atoms with Crippen LogP contribution in [0.25, 0.3) is 5.65 Å². The molecule has 2 N–H and O–H groups in total. The number of alkyl halides is 2. The van der Waals surface area contributed by atoms with Gasteiger partial charge in [-0.1, -0.05) is 30.3 Å². The molecule has 4 amide bonds. The second kappa shape index (κ2) is 18.8. The molecule has 1 unspecified atom stereocenters. The van der Waals surface area contributed by atoms with Crippen LogP contribution >= 0.6 is 0 Å². The van der Waals surface area contributed by atoms with Crippen molar-refractivity contribution in [2.24, 2.45) is 5.92 Å². The van der Waals surface area contributed by atoms with Crippen LogP contribution in [0.4, 0.5) is 20.3 Å². The molecule has 3 aromatic heterocycles. The third-order valence-corrected chi connectivity index (χ3v) is 14.0. The number of ether oxygens (including phenoxy) is 2.